The summed E-state index contributed by atoms with van der Waals surface area (Å²) in [6.45, 7) is 1.96. The Kier molecular flexibility index (Phi) is 2.51. The smallest absolute Gasteiger partial charge is 0.258 e. The van der Waals surface area contributed by atoms with Crippen molar-refractivity contribution in [1.29, 1.82) is 0 Å². The van der Waals surface area contributed by atoms with Crippen molar-refractivity contribution in [3.05, 3.63) is 50.7 Å². The van der Waals surface area contributed by atoms with Gasteiger partial charge in [0.2, 0.25) is 0 Å². The van der Waals surface area contributed by atoms with Gasteiger partial charge in [0.15, 0.2) is 0 Å². The van der Waals surface area contributed by atoms with Gasteiger partial charge in [-0.1, -0.05) is 6.07 Å². The first-order valence-corrected chi connectivity index (χ1v) is 5.40. The third-order valence-electron chi connectivity index (χ3n) is 2.26. The second-order valence-corrected chi connectivity index (χ2v) is 4.05. The molecule has 0 bridgehead atoms. The molecule has 0 amide bonds. The number of nitrogens with zero attached hydrogens (tertiary/aromatic N) is 1. The van der Waals surface area contributed by atoms with E-state index in [0.717, 1.165) is 16.7 Å². The number of nitro groups is 1. The second kappa shape index (κ2) is 3.82. The van der Waals surface area contributed by atoms with Crippen LogP contribution in [0.1, 0.15) is 5.56 Å². The Morgan fingerprint density at radius 1 is 1.33 bits per heavy atom. The Bertz CT molecular complexity index is 491. The van der Waals surface area contributed by atoms with Crippen molar-refractivity contribution in [1.82, 2.24) is 0 Å². The molecule has 0 saturated carbocycles. The van der Waals surface area contributed by atoms with E-state index in [-0.39, 0.29) is 10.6 Å². The Morgan fingerprint density at radius 3 is 2.73 bits per heavy atom. The van der Waals surface area contributed by atoms with Gasteiger partial charge in [-0.05, 0) is 40.4 Å². The summed E-state index contributed by atoms with van der Waals surface area (Å²) in [5, 5.41) is 14.6. The van der Waals surface area contributed by atoms with E-state index in [1.807, 2.05) is 23.8 Å². The third kappa shape index (κ3) is 1.89. The third-order valence-corrected chi connectivity index (χ3v) is 2.95. The van der Waals surface area contributed by atoms with E-state index in [1.54, 1.807) is 23.5 Å². The van der Waals surface area contributed by atoms with E-state index in [1.165, 1.54) is 6.07 Å². The summed E-state index contributed by atoms with van der Waals surface area (Å²) in [4.78, 5) is 10.3. The first kappa shape index (κ1) is 9.86. The molecule has 0 aliphatic carbocycles. The number of hydrogen-bond donors (Lipinski definition) is 0. The molecule has 0 spiro atoms. The van der Waals surface area contributed by atoms with Gasteiger partial charge >= 0.3 is 0 Å². The standard InChI is InChI=1S/C11H9NO2S/c1-8-2-3-10(12(13)14)6-11(8)9-4-5-15-7-9/h2-7H,1H3. The first-order chi connectivity index (χ1) is 7.18. The maximum Gasteiger partial charge on any atom is 0.270 e. The highest BCUT2D eigenvalue weighted by atomic mass is 32.1. The van der Waals surface area contributed by atoms with Gasteiger partial charge < -0.3 is 0 Å². The van der Waals surface area contributed by atoms with Crippen LogP contribution in [-0.4, -0.2) is 4.92 Å². The number of hydrogen-bond acceptors (Lipinski definition) is 3. The molecule has 4 heteroatoms. The molecular formula is C11H9NO2S. The van der Waals surface area contributed by atoms with Crippen LogP contribution in [0.3, 0.4) is 0 Å². The van der Waals surface area contributed by atoms with Gasteiger partial charge in [-0.15, -0.1) is 0 Å². The predicted octanol–water partition coefficient (Wildman–Crippen LogP) is 3.63. The fourth-order valence-electron chi connectivity index (χ4n) is 1.45. The summed E-state index contributed by atoms with van der Waals surface area (Å²) in [5.41, 5.74) is 3.17. The minimum atomic E-state index is -0.366. The SMILES string of the molecule is Cc1ccc([N+](=O)[O-])cc1-c1ccsc1. The Balaban J connectivity index is 2.55. The van der Waals surface area contributed by atoms with Crippen molar-refractivity contribution >= 4 is 17.0 Å². The van der Waals surface area contributed by atoms with E-state index in [0.29, 0.717) is 0 Å². The summed E-state index contributed by atoms with van der Waals surface area (Å²) in [7, 11) is 0. The fraction of sp³-hybridized carbons (Fsp3) is 0.0909. The molecule has 0 atom stereocenters. The summed E-state index contributed by atoms with van der Waals surface area (Å²) in [6, 6.07) is 6.91. The minimum Gasteiger partial charge on any atom is -0.258 e. The van der Waals surface area contributed by atoms with Crippen molar-refractivity contribution in [2.45, 2.75) is 6.92 Å². The topological polar surface area (TPSA) is 43.1 Å². The van der Waals surface area contributed by atoms with Crippen LogP contribution in [0.2, 0.25) is 0 Å². The van der Waals surface area contributed by atoms with Crippen LogP contribution in [-0.2, 0) is 0 Å². The maximum absolute atomic E-state index is 10.6. The molecule has 3 nitrogen and oxygen atoms in total. The lowest BCUT2D eigenvalue weighted by Crippen LogP contribution is -1.89. The molecule has 0 N–H and O–H groups in total. The molecule has 76 valence electrons. The van der Waals surface area contributed by atoms with Gasteiger partial charge in [-0.2, -0.15) is 11.3 Å². The predicted molar refractivity (Wildman–Crippen MR) is 61.1 cm³/mol. The average molecular weight is 219 g/mol. The second-order valence-electron chi connectivity index (χ2n) is 3.27. The fourth-order valence-corrected chi connectivity index (χ4v) is 2.11. The van der Waals surface area contributed by atoms with Gasteiger partial charge in [0.25, 0.3) is 5.69 Å². The van der Waals surface area contributed by atoms with E-state index in [4.69, 9.17) is 0 Å². The molecule has 1 heterocycles. The lowest BCUT2D eigenvalue weighted by Gasteiger charge is -2.02. The quantitative estimate of drug-likeness (QED) is 0.571. The zero-order valence-electron chi connectivity index (χ0n) is 8.14. The molecule has 0 saturated heterocycles. The summed E-state index contributed by atoms with van der Waals surface area (Å²) < 4.78 is 0. The lowest BCUT2D eigenvalue weighted by atomic mass is 10.0. The number of thiophene rings is 1. The van der Waals surface area contributed by atoms with Crippen LogP contribution in [0.5, 0.6) is 0 Å². The van der Waals surface area contributed by atoms with Crippen molar-refractivity contribution in [2.75, 3.05) is 0 Å². The first-order valence-electron chi connectivity index (χ1n) is 4.46. The highest BCUT2D eigenvalue weighted by Crippen LogP contribution is 2.28. The molecule has 0 aliphatic heterocycles. The van der Waals surface area contributed by atoms with Crippen molar-refractivity contribution in [3.8, 4) is 11.1 Å². The van der Waals surface area contributed by atoms with Crippen LogP contribution in [0, 0.1) is 17.0 Å². The molecular weight excluding hydrogens is 210 g/mol. The van der Waals surface area contributed by atoms with Crippen LogP contribution >= 0.6 is 11.3 Å². The Labute approximate surface area is 91.1 Å². The summed E-state index contributed by atoms with van der Waals surface area (Å²) in [5.74, 6) is 0. The van der Waals surface area contributed by atoms with Crippen molar-refractivity contribution in [3.63, 3.8) is 0 Å². The highest BCUT2D eigenvalue weighted by Gasteiger charge is 2.09. The minimum absolute atomic E-state index is 0.141. The molecule has 15 heavy (non-hydrogen) atoms. The number of rotatable bonds is 2. The van der Waals surface area contributed by atoms with Gasteiger partial charge in [0, 0.05) is 12.1 Å². The van der Waals surface area contributed by atoms with Gasteiger partial charge in [0.1, 0.15) is 0 Å². The zero-order valence-corrected chi connectivity index (χ0v) is 8.95. The van der Waals surface area contributed by atoms with Crippen LogP contribution in [0.4, 0.5) is 5.69 Å². The largest absolute Gasteiger partial charge is 0.270 e. The van der Waals surface area contributed by atoms with Gasteiger partial charge in [0.05, 0.1) is 4.92 Å². The number of benzene rings is 1. The summed E-state index contributed by atoms with van der Waals surface area (Å²) >= 11 is 1.59. The number of nitro benzene ring substituents is 1. The van der Waals surface area contributed by atoms with Crippen LogP contribution < -0.4 is 0 Å². The maximum atomic E-state index is 10.6. The lowest BCUT2D eigenvalue weighted by molar-refractivity contribution is -0.384. The molecule has 0 fully saturated rings. The van der Waals surface area contributed by atoms with Crippen LogP contribution in [0.15, 0.2) is 35.0 Å². The van der Waals surface area contributed by atoms with E-state index < -0.39 is 0 Å². The monoisotopic (exact) mass is 219 g/mol. The van der Waals surface area contributed by atoms with Gasteiger partial charge in [-0.3, -0.25) is 10.1 Å². The molecule has 2 rings (SSSR count). The number of non-ortho nitro benzene ring substituents is 1. The van der Waals surface area contributed by atoms with Crippen molar-refractivity contribution < 1.29 is 4.92 Å². The molecule has 1 aromatic carbocycles. The average Bonchev–Trinajstić information content (AvgIpc) is 2.71. The van der Waals surface area contributed by atoms with Gasteiger partial charge in [-0.25, -0.2) is 0 Å². The van der Waals surface area contributed by atoms with E-state index in [2.05, 4.69) is 0 Å². The molecule has 0 unspecified atom stereocenters. The van der Waals surface area contributed by atoms with E-state index >= 15 is 0 Å². The van der Waals surface area contributed by atoms with Crippen LogP contribution in [0.25, 0.3) is 11.1 Å². The molecule has 2 aromatic rings. The Hall–Kier alpha value is -1.68. The number of aryl methyl sites for hydroxylation is 1. The molecule has 0 aliphatic rings. The molecule has 1 aromatic heterocycles. The zero-order chi connectivity index (χ0) is 10.8. The summed E-state index contributed by atoms with van der Waals surface area (Å²) in [6.07, 6.45) is 0. The van der Waals surface area contributed by atoms with E-state index in [9.17, 15) is 10.1 Å². The normalized spacial score (nSPS) is 10.2. The molecule has 0 radical (unpaired) electrons. The Morgan fingerprint density at radius 2 is 2.13 bits per heavy atom. The highest BCUT2D eigenvalue weighted by molar-refractivity contribution is 7.08. The van der Waals surface area contributed by atoms with Crippen molar-refractivity contribution in [2.24, 2.45) is 0 Å².